The summed E-state index contributed by atoms with van der Waals surface area (Å²) in [5.74, 6) is 0.0653. The largest absolute Gasteiger partial charge is 0.300 e. The fraction of sp³-hybridized carbons (Fsp3) is 0.400. The quantitative estimate of drug-likeness (QED) is 0.450. The second-order valence-corrected chi connectivity index (χ2v) is 7.38. The zero-order valence-corrected chi connectivity index (χ0v) is 13.5. The monoisotopic (exact) mass is 338 g/mol. The first-order valence-corrected chi connectivity index (χ1v) is 8.66. The van der Waals surface area contributed by atoms with Crippen LogP contribution in [-0.4, -0.2) is 36.5 Å². The van der Waals surface area contributed by atoms with Crippen molar-refractivity contribution in [2.24, 2.45) is 5.92 Å². The minimum absolute atomic E-state index is 0.0203. The van der Waals surface area contributed by atoms with Gasteiger partial charge in [-0.3, -0.25) is 14.9 Å². The zero-order valence-electron chi connectivity index (χ0n) is 12.7. The molecule has 1 fully saturated rings. The second-order valence-electron chi connectivity index (χ2n) is 5.47. The number of allylic oxidation sites excluding steroid dienone is 1. The molecule has 0 N–H and O–H groups in total. The van der Waals surface area contributed by atoms with Gasteiger partial charge in [0, 0.05) is 25.6 Å². The van der Waals surface area contributed by atoms with Crippen molar-refractivity contribution in [1.82, 2.24) is 4.31 Å². The number of ketones is 1. The standard InChI is InChI=1S/C15H18N2O5S/c1-12(18)5-4-6-13-9-10-16(11-13)23(21,22)15-8-3-2-7-14(15)17(19)20/h2-4,6-8,13H,5,9-11H2,1H3. The summed E-state index contributed by atoms with van der Waals surface area (Å²) in [7, 11) is -3.90. The summed E-state index contributed by atoms with van der Waals surface area (Å²) >= 11 is 0. The van der Waals surface area contributed by atoms with E-state index in [1.165, 1.54) is 35.5 Å². The third kappa shape index (κ3) is 4.02. The number of Topliss-reactive ketones (excluding diaryl/α,β-unsaturated/α-hetero) is 1. The Morgan fingerprint density at radius 2 is 2.13 bits per heavy atom. The molecular weight excluding hydrogens is 320 g/mol. The molecule has 7 nitrogen and oxygen atoms in total. The van der Waals surface area contributed by atoms with Crippen LogP contribution in [0, 0.1) is 16.0 Å². The predicted octanol–water partition coefficient (Wildman–Crippen LogP) is 2.14. The van der Waals surface area contributed by atoms with Crippen LogP contribution in [0.5, 0.6) is 0 Å². The Morgan fingerprint density at radius 1 is 1.43 bits per heavy atom. The summed E-state index contributed by atoms with van der Waals surface area (Å²) in [4.78, 5) is 21.0. The molecule has 1 aliphatic heterocycles. The molecule has 23 heavy (non-hydrogen) atoms. The van der Waals surface area contributed by atoms with Crippen LogP contribution in [0.15, 0.2) is 41.3 Å². The van der Waals surface area contributed by atoms with Crippen LogP contribution in [0.2, 0.25) is 0 Å². The van der Waals surface area contributed by atoms with Gasteiger partial charge >= 0.3 is 0 Å². The molecule has 124 valence electrons. The molecule has 0 aromatic heterocycles. The van der Waals surface area contributed by atoms with Crippen LogP contribution in [0.4, 0.5) is 5.69 Å². The summed E-state index contributed by atoms with van der Waals surface area (Å²) in [5, 5.41) is 11.0. The normalized spacial score (nSPS) is 19.3. The lowest BCUT2D eigenvalue weighted by molar-refractivity contribution is -0.387. The van der Waals surface area contributed by atoms with E-state index in [9.17, 15) is 23.3 Å². The van der Waals surface area contributed by atoms with Gasteiger partial charge in [0.2, 0.25) is 10.0 Å². The fourth-order valence-electron chi connectivity index (χ4n) is 2.52. The van der Waals surface area contributed by atoms with E-state index in [2.05, 4.69) is 0 Å². The van der Waals surface area contributed by atoms with Gasteiger partial charge in [0.25, 0.3) is 5.69 Å². The molecular formula is C15H18N2O5S. The first-order valence-electron chi connectivity index (χ1n) is 7.22. The predicted molar refractivity (Wildman–Crippen MR) is 84.4 cm³/mol. The Hall–Kier alpha value is -2.06. The molecule has 0 saturated carbocycles. The number of benzene rings is 1. The third-order valence-electron chi connectivity index (χ3n) is 3.68. The number of para-hydroxylation sites is 1. The molecule has 1 saturated heterocycles. The highest BCUT2D eigenvalue weighted by Crippen LogP contribution is 2.30. The van der Waals surface area contributed by atoms with Crippen molar-refractivity contribution in [2.45, 2.75) is 24.7 Å². The topological polar surface area (TPSA) is 97.6 Å². The third-order valence-corrected chi connectivity index (χ3v) is 5.59. The minimum atomic E-state index is -3.90. The molecule has 1 aromatic carbocycles. The van der Waals surface area contributed by atoms with E-state index < -0.39 is 20.6 Å². The number of rotatable bonds is 6. The summed E-state index contributed by atoms with van der Waals surface area (Å²) in [5.41, 5.74) is -0.414. The SMILES string of the molecule is CC(=O)CC=CC1CCN(S(=O)(=O)c2ccccc2[N+](=O)[O-])C1. The van der Waals surface area contributed by atoms with Crippen molar-refractivity contribution in [3.63, 3.8) is 0 Å². The van der Waals surface area contributed by atoms with Gasteiger partial charge in [-0.15, -0.1) is 0 Å². The fourth-order valence-corrected chi connectivity index (χ4v) is 4.19. The molecule has 1 atom stereocenters. The highest BCUT2D eigenvalue weighted by Gasteiger charge is 2.35. The zero-order chi connectivity index (χ0) is 17.0. The van der Waals surface area contributed by atoms with Gasteiger partial charge in [-0.05, 0) is 25.3 Å². The van der Waals surface area contributed by atoms with Crippen LogP contribution in [0.1, 0.15) is 19.8 Å². The summed E-state index contributed by atoms with van der Waals surface area (Å²) in [6, 6.07) is 5.36. The summed E-state index contributed by atoms with van der Waals surface area (Å²) in [6.45, 7) is 2.07. The Bertz CT molecular complexity index is 742. The number of nitro benzene ring substituents is 1. The number of hydrogen-bond donors (Lipinski definition) is 0. The van der Waals surface area contributed by atoms with E-state index in [-0.39, 0.29) is 23.1 Å². The van der Waals surface area contributed by atoms with Crippen LogP contribution < -0.4 is 0 Å². The highest BCUT2D eigenvalue weighted by molar-refractivity contribution is 7.89. The first kappa shape index (κ1) is 17.3. The molecule has 1 unspecified atom stereocenters. The van der Waals surface area contributed by atoms with E-state index >= 15 is 0 Å². The Kier molecular flexibility index (Phi) is 5.27. The van der Waals surface area contributed by atoms with Crippen LogP contribution in [-0.2, 0) is 14.8 Å². The van der Waals surface area contributed by atoms with Gasteiger partial charge in [0.15, 0.2) is 4.90 Å². The molecule has 0 bridgehead atoms. The number of nitro groups is 1. The average molecular weight is 338 g/mol. The van der Waals surface area contributed by atoms with Crippen molar-refractivity contribution >= 4 is 21.5 Å². The molecule has 0 spiro atoms. The molecule has 2 rings (SSSR count). The molecule has 0 radical (unpaired) electrons. The second kappa shape index (κ2) is 7.01. The van der Waals surface area contributed by atoms with Gasteiger partial charge in [0.1, 0.15) is 5.78 Å². The van der Waals surface area contributed by atoms with Gasteiger partial charge in [0.05, 0.1) is 4.92 Å². The first-order chi connectivity index (χ1) is 10.8. The van der Waals surface area contributed by atoms with Crippen molar-refractivity contribution in [3.8, 4) is 0 Å². The van der Waals surface area contributed by atoms with E-state index in [4.69, 9.17) is 0 Å². The molecule has 1 aliphatic rings. The van der Waals surface area contributed by atoms with Crippen LogP contribution in [0.25, 0.3) is 0 Å². The van der Waals surface area contributed by atoms with E-state index in [1.807, 2.05) is 6.08 Å². The Labute approximate surface area is 134 Å². The maximum atomic E-state index is 12.6. The smallest absolute Gasteiger partial charge is 0.289 e. The van der Waals surface area contributed by atoms with Crippen molar-refractivity contribution in [1.29, 1.82) is 0 Å². The molecule has 0 aliphatic carbocycles. The van der Waals surface area contributed by atoms with Gasteiger partial charge in [-0.25, -0.2) is 8.42 Å². The highest BCUT2D eigenvalue weighted by atomic mass is 32.2. The molecule has 0 amide bonds. The maximum absolute atomic E-state index is 12.6. The summed E-state index contributed by atoms with van der Waals surface area (Å²) in [6.07, 6.45) is 4.55. The number of carbonyl (C=O) groups is 1. The van der Waals surface area contributed by atoms with Crippen molar-refractivity contribution in [2.75, 3.05) is 13.1 Å². The minimum Gasteiger partial charge on any atom is -0.300 e. The van der Waals surface area contributed by atoms with E-state index in [0.29, 0.717) is 19.4 Å². The van der Waals surface area contributed by atoms with Crippen molar-refractivity contribution in [3.05, 3.63) is 46.5 Å². The number of hydrogen-bond acceptors (Lipinski definition) is 5. The Morgan fingerprint density at radius 3 is 2.78 bits per heavy atom. The molecule has 8 heteroatoms. The lowest BCUT2D eigenvalue weighted by atomic mass is 10.1. The van der Waals surface area contributed by atoms with Crippen molar-refractivity contribution < 1.29 is 18.1 Å². The van der Waals surface area contributed by atoms with Gasteiger partial charge in [-0.1, -0.05) is 24.3 Å². The lowest BCUT2D eigenvalue weighted by Crippen LogP contribution is -2.29. The maximum Gasteiger partial charge on any atom is 0.289 e. The average Bonchev–Trinajstić information content (AvgIpc) is 2.96. The van der Waals surface area contributed by atoms with E-state index in [0.717, 1.165) is 0 Å². The number of nitrogens with zero attached hydrogens (tertiary/aromatic N) is 2. The van der Waals surface area contributed by atoms with E-state index in [1.54, 1.807) is 6.08 Å². The number of carbonyl (C=O) groups excluding carboxylic acids is 1. The lowest BCUT2D eigenvalue weighted by Gasteiger charge is -2.15. The van der Waals surface area contributed by atoms with Crippen LogP contribution >= 0.6 is 0 Å². The molecule has 1 aromatic rings. The number of sulfonamides is 1. The van der Waals surface area contributed by atoms with Crippen LogP contribution in [0.3, 0.4) is 0 Å². The molecule has 1 heterocycles. The Balaban J connectivity index is 2.18. The van der Waals surface area contributed by atoms with Gasteiger partial charge in [-0.2, -0.15) is 4.31 Å². The van der Waals surface area contributed by atoms with Gasteiger partial charge < -0.3 is 0 Å². The summed E-state index contributed by atoms with van der Waals surface area (Å²) < 4.78 is 26.5.